The summed E-state index contributed by atoms with van der Waals surface area (Å²) >= 11 is 0. The van der Waals surface area contributed by atoms with Gasteiger partial charge in [0.1, 0.15) is 12.2 Å². The predicted octanol–water partition coefficient (Wildman–Crippen LogP) is 5.72. The van der Waals surface area contributed by atoms with Crippen LogP contribution in [-0.2, 0) is 42.1 Å². The van der Waals surface area contributed by atoms with Crippen LogP contribution in [-0.4, -0.2) is 29.9 Å². The molecule has 2 atom stereocenters. The van der Waals surface area contributed by atoms with E-state index in [0.29, 0.717) is 31.2 Å². The molecule has 2 heterocycles. The highest BCUT2D eigenvalue weighted by atomic mass is 32.2. The van der Waals surface area contributed by atoms with E-state index in [1.54, 1.807) is 36.5 Å². The summed E-state index contributed by atoms with van der Waals surface area (Å²) in [4.78, 5) is 26.4. The van der Waals surface area contributed by atoms with Gasteiger partial charge in [0.15, 0.2) is 0 Å². The molecule has 8 heteroatoms. The molecule has 1 aliphatic carbocycles. The Morgan fingerprint density at radius 1 is 0.975 bits per heavy atom. The predicted molar refractivity (Wildman–Crippen MR) is 150 cm³/mol. The number of rotatable bonds is 8. The van der Waals surface area contributed by atoms with Crippen molar-refractivity contribution in [2.75, 3.05) is 0 Å². The number of aryl methyl sites for hydroxylation is 1. The third-order valence-corrected chi connectivity index (χ3v) is 9.95. The fraction of sp³-hybridized carbons (Fsp3) is 0.312. The second-order valence-corrected chi connectivity index (χ2v) is 13.0. The summed E-state index contributed by atoms with van der Waals surface area (Å²) < 4.78 is 40.1. The van der Waals surface area contributed by atoms with Crippen LogP contribution in [0.1, 0.15) is 48.8 Å². The first-order valence-electron chi connectivity index (χ1n) is 13.5. The van der Waals surface area contributed by atoms with E-state index in [1.165, 1.54) is 3.97 Å². The lowest BCUT2D eigenvalue weighted by atomic mass is 9.66. The Bertz CT molecular complexity index is 1690. The number of benzene rings is 3. The van der Waals surface area contributed by atoms with Gasteiger partial charge in [0.2, 0.25) is 0 Å². The molecule has 6 rings (SSSR count). The van der Waals surface area contributed by atoms with Crippen molar-refractivity contribution in [3.8, 4) is 0 Å². The lowest BCUT2D eigenvalue weighted by molar-refractivity contribution is -0.159. The number of ether oxygens (including phenoxy) is 2. The minimum Gasteiger partial charge on any atom is -0.461 e. The van der Waals surface area contributed by atoms with Gasteiger partial charge in [-0.3, -0.25) is 9.59 Å². The number of nitrogens with zero attached hydrogens (tertiary/aromatic N) is 1. The first kappa shape index (κ1) is 26.3. The molecule has 0 radical (unpaired) electrons. The van der Waals surface area contributed by atoms with E-state index in [0.717, 1.165) is 28.5 Å². The molecule has 1 aromatic heterocycles. The summed E-state index contributed by atoms with van der Waals surface area (Å²) in [7, 11) is -3.85. The Morgan fingerprint density at radius 2 is 1.70 bits per heavy atom. The molecule has 0 spiro atoms. The number of carbonyl (C=O) groups excluding carboxylic acids is 2. The maximum Gasteiger partial charge on any atom is 0.313 e. The Balaban J connectivity index is 1.27. The summed E-state index contributed by atoms with van der Waals surface area (Å²) in [5.41, 5.74) is 1.49. The van der Waals surface area contributed by atoms with Crippen LogP contribution in [0.3, 0.4) is 0 Å². The van der Waals surface area contributed by atoms with Crippen molar-refractivity contribution in [3.63, 3.8) is 0 Å². The van der Waals surface area contributed by atoms with Gasteiger partial charge in [-0.1, -0.05) is 66.2 Å². The minimum atomic E-state index is -3.85. The molecule has 1 unspecified atom stereocenters. The summed E-state index contributed by atoms with van der Waals surface area (Å²) in [6.45, 7) is 2.08. The molecular weight excluding hydrogens is 526 g/mol. The molecule has 1 aliphatic heterocycles. The molecule has 2 bridgehead atoms. The maximum absolute atomic E-state index is 13.6. The van der Waals surface area contributed by atoms with E-state index < -0.39 is 27.0 Å². The van der Waals surface area contributed by atoms with Crippen LogP contribution in [0.4, 0.5) is 0 Å². The van der Waals surface area contributed by atoms with Crippen molar-refractivity contribution < 1.29 is 27.5 Å². The molecular formula is C32H31NO6S. The minimum absolute atomic E-state index is 0.0108. The zero-order chi connectivity index (χ0) is 28.0. The van der Waals surface area contributed by atoms with Crippen LogP contribution in [0.25, 0.3) is 10.9 Å². The highest BCUT2D eigenvalue weighted by Gasteiger charge is 2.59. The lowest BCUT2D eigenvalue weighted by Crippen LogP contribution is -2.37. The van der Waals surface area contributed by atoms with Gasteiger partial charge >= 0.3 is 11.9 Å². The highest BCUT2D eigenvalue weighted by molar-refractivity contribution is 7.90. The molecule has 2 fully saturated rings. The SMILES string of the molecule is Cc1ccc(S(=O)(=O)n2cc(C[C@@]34CCCC(CC(=O)OCc5ccccc5)(C3)OC4=O)c3ccccc32)cc1. The van der Waals surface area contributed by atoms with Crippen LogP contribution in [0, 0.1) is 12.3 Å². The monoisotopic (exact) mass is 557 g/mol. The van der Waals surface area contributed by atoms with Gasteiger partial charge in [0.25, 0.3) is 10.0 Å². The molecule has 1 saturated heterocycles. The third-order valence-electron chi connectivity index (χ3n) is 8.27. The van der Waals surface area contributed by atoms with Gasteiger partial charge in [-0.25, -0.2) is 12.4 Å². The number of fused-ring (bicyclic) bond motifs is 3. The van der Waals surface area contributed by atoms with Gasteiger partial charge < -0.3 is 9.47 Å². The average Bonchev–Trinajstić information content (AvgIpc) is 3.40. The largest absolute Gasteiger partial charge is 0.461 e. The molecule has 2 aliphatic rings. The Labute approximate surface area is 233 Å². The van der Waals surface area contributed by atoms with E-state index >= 15 is 0 Å². The molecule has 0 N–H and O–H groups in total. The molecule has 0 amide bonds. The number of para-hydroxylation sites is 1. The standard InChI is InChI=1S/C32H31NO6S/c1-23-12-14-26(15-13-23)40(36,37)33-20-25(27-10-5-6-11-28(27)33)18-31-16-7-17-32(22-31,39-30(31)35)19-29(34)38-21-24-8-3-2-4-9-24/h2-6,8-15,20H,7,16-19,21-22H2,1H3/t31-,32?/m0/s1. The van der Waals surface area contributed by atoms with Crippen LogP contribution in [0.15, 0.2) is 90.0 Å². The average molecular weight is 558 g/mol. The number of carbonyl (C=O) groups is 2. The fourth-order valence-electron chi connectivity index (χ4n) is 6.32. The number of hydrogen-bond acceptors (Lipinski definition) is 6. The Morgan fingerprint density at radius 3 is 2.48 bits per heavy atom. The van der Waals surface area contributed by atoms with Crippen molar-refractivity contribution in [2.45, 2.75) is 62.6 Å². The van der Waals surface area contributed by atoms with Crippen LogP contribution < -0.4 is 0 Å². The van der Waals surface area contributed by atoms with Gasteiger partial charge in [-0.05, 0) is 61.9 Å². The van der Waals surface area contributed by atoms with E-state index in [-0.39, 0.29) is 23.9 Å². The van der Waals surface area contributed by atoms with Crippen LogP contribution >= 0.6 is 0 Å². The Kier molecular flexibility index (Phi) is 6.53. The number of hydrogen-bond donors (Lipinski definition) is 0. The van der Waals surface area contributed by atoms with E-state index in [9.17, 15) is 18.0 Å². The first-order valence-corrected chi connectivity index (χ1v) is 15.0. The summed E-state index contributed by atoms with van der Waals surface area (Å²) in [5, 5.41) is 0.783. The first-order chi connectivity index (χ1) is 19.2. The third kappa shape index (κ3) is 4.70. The van der Waals surface area contributed by atoms with Gasteiger partial charge in [0, 0.05) is 18.0 Å². The lowest BCUT2D eigenvalue weighted by Gasteiger charge is -2.34. The van der Waals surface area contributed by atoms with E-state index in [4.69, 9.17) is 9.47 Å². The number of esters is 2. The molecule has 206 valence electrons. The van der Waals surface area contributed by atoms with E-state index in [2.05, 4.69) is 0 Å². The second kappa shape index (κ2) is 9.93. The topological polar surface area (TPSA) is 91.7 Å². The molecule has 40 heavy (non-hydrogen) atoms. The van der Waals surface area contributed by atoms with Gasteiger partial charge in [0.05, 0.1) is 22.2 Å². The van der Waals surface area contributed by atoms with Crippen molar-refractivity contribution in [2.24, 2.45) is 5.41 Å². The van der Waals surface area contributed by atoms with Crippen molar-refractivity contribution in [1.29, 1.82) is 0 Å². The highest BCUT2D eigenvalue weighted by Crippen LogP contribution is 2.54. The maximum atomic E-state index is 13.6. The van der Waals surface area contributed by atoms with Gasteiger partial charge in [-0.15, -0.1) is 0 Å². The quantitative estimate of drug-likeness (QED) is 0.258. The van der Waals surface area contributed by atoms with Crippen LogP contribution in [0.2, 0.25) is 0 Å². The molecule has 7 nitrogen and oxygen atoms in total. The fourth-order valence-corrected chi connectivity index (χ4v) is 7.71. The zero-order valence-corrected chi connectivity index (χ0v) is 23.2. The van der Waals surface area contributed by atoms with Gasteiger partial charge in [-0.2, -0.15) is 0 Å². The van der Waals surface area contributed by atoms with Crippen molar-refractivity contribution >= 4 is 32.9 Å². The van der Waals surface area contributed by atoms with Crippen molar-refractivity contribution in [3.05, 3.63) is 102 Å². The second-order valence-electron chi connectivity index (χ2n) is 11.2. The molecule has 3 aromatic carbocycles. The zero-order valence-electron chi connectivity index (χ0n) is 22.3. The Hall–Kier alpha value is -3.91. The van der Waals surface area contributed by atoms with Crippen molar-refractivity contribution in [1.82, 2.24) is 3.97 Å². The summed E-state index contributed by atoms with van der Waals surface area (Å²) in [5.74, 6) is -0.714. The van der Waals surface area contributed by atoms with Crippen LogP contribution in [0.5, 0.6) is 0 Å². The molecule has 4 aromatic rings. The summed E-state index contributed by atoms with van der Waals surface area (Å²) in [6, 6.07) is 23.6. The summed E-state index contributed by atoms with van der Waals surface area (Å²) in [6.07, 6.45) is 4.36. The number of aromatic nitrogens is 1. The smallest absolute Gasteiger partial charge is 0.313 e. The normalized spacial score (nSPS) is 22.3. The molecule has 1 saturated carbocycles. The van der Waals surface area contributed by atoms with E-state index in [1.807, 2.05) is 55.5 Å².